The number of ether oxygens (including phenoxy) is 1. The van der Waals surface area contributed by atoms with E-state index in [0.29, 0.717) is 5.89 Å². The summed E-state index contributed by atoms with van der Waals surface area (Å²) in [4.78, 5) is 11.9. The average molecular weight is 283 g/mol. The molecule has 0 fully saturated rings. The summed E-state index contributed by atoms with van der Waals surface area (Å²) in [7, 11) is 0. The van der Waals surface area contributed by atoms with Gasteiger partial charge in [0.05, 0.1) is 12.1 Å². The molecule has 1 amide bonds. The standard InChI is InChI=1S/C12H11F2N3O3/c1-7-16-17-10(19-7)6-15-11(18)8-4-2-3-5-9(8)20-12(13)14/h2-5,12H,6H2,1H3,(H,15,18). The number of alkyl halides is 2. The Hall–Kier alpha value is -2.51. The van der Waals surface area contributed by atoms with Gasteiger partial charge >= 0.3 is 6.61 Å². The lowest BCUT2D eigenvalue weighted by Gasteiger charge is -2.09. The van der Waals surface area contributed by atoms with Gasteiger partial charge in [-0.15, -0.1) is 10.2 Å². The summed E-state index contributed by atoms with van der Waals surface area (Å²) < 4.78 is 33.8. The van der Waals surface area contributed by atoms with E-state index in [4.69, 9.17) is 4.42 Å². The molecule has 1 N–H and O–H groups in total. The molecule has 106 valence electrons. The van der Waals surface area contributed by atoms with Crippen LogP contribution in [0.3, 0.4) is 0 Å². The fourth-order valence-corrected chi connectivity index (χ4v) is 1.51. The molecular weight excluding hydrogens is 272 g/mol. The van der Waals surface area contributed by atoms with Gasteiger partial charge in [-0.05, 0) is 12.1 Å². The van der Waals surface area contributed by atoms with Crippen LogP contribution in [-0.4, -0.2) is 22.7 Å². The Morgan fingerprint density at radius 1 is 1.40 bits per heavy atom. The molecule has 8 heteroatoms. The Morgan fingerprint density at radius 3 is 2.80 bits per heavy atom. The molecule has 0 spiro atoms. The second-order valence-corrected chi connectivity index (χ2v) is 3.77. The summed E-state index contributed by atoms with van der Waals surface area (Å²) in [5, 5.41) is 9.78. The number of aryl methyl sites for hydroxylation is 1. The van der Waals surface area contributed by atoms with Gasteiger partial charge in [-0.25, -0.2) is 0 Å². The number of aromatic nitrogens is 2. The predicted molar refractivity (Wildman–Crippen MR) is 63.3 cm³/mol. The van der Waals surface area contributed by atoms with E-state index in [1.807, 2.05) is 0 Å². The maximum Gasteiger partial charge on any atom is 0.387 e. The lowest BCUT2D eigenvalue weighted by molar-refractivity contribution is -0.0501. The number of halogens is 2. The highest BCUT2D eigenvalue weighted by atomic mass is 19.3. The fourth-order valence-electron chi connectivity index (χ4n) is 1.51. The van der Waals surface area contributed by atoms with Gasteiger partial charge in [0.25, 0.3) is 5.91 Å². The molecule has 1 aromatic heterocycles. The first-order valence-electron chi connectivity index (χ1n) is 5.67. The highest BCUT2D eigenvalue weighted by Gasteiger charge is 2.15. The van der Waals surface area contributed by atoms with Gasteiger partial charge in [-0.1, -0.05) is 12.1 Å². The molecule has 0 aliphatic heterocycles. The largest absolute Gasteiger partial charge is 0.434 e. The molecule has 20 heavy (non-hydrogen) atoms. The smallest absolute Gasteiger partial charge is 0.387 e. The van der Waals surface area contributed by atoms with Crippen molar-refractivity contribution in [2.45, 2.75) is 20.1 Å². The maximum absolute atomic E-state index is 12.2. The zero-order chi connectivity index (χ0) is 14.5. The van der Waals surface area contributed by atoms with Crippen molar-refractivity contribution in [3.8, 4) is 5.75 Å². The van der Waals surface area contributed by atoms with Crippen LogP contribution in [0.5, 0.6) is 5.75 Å². The summed E-state index contributed by atoms with van der Waals surface area (Å²) in [6, 6.07) is 5.71. The summed E-state index contributed by atoms with van der Waals surface area (Å²) >= 11 is 0. The molecule has 0 aliphatic carbocycles. The predicted octanol–water partition coefficient (Wildman–Crippen LogP) is 1.91. The van der Waals surface area contributed by atoms with E-state index < -0.39 is 12.5 Å². The summed E-state index contributed by atoms with van der Waals surface area (Å²) in [6.45, 7) is -1.38. The fraction of sp³-hybridized carbons (Fsp3) is 0.250. The zero-order valence-electron chi connectivity index (χ0n) is 10.5. The molecule has 6 nitrogen and oxygen atoms in total. The Morgan fingerprint density at radius 2 is 2.15 bits per heavy atom. The number of benzene rings is 1. The minimum absolute atomic E-state index is 0.00266. The van der Waals surface area contributed by atoms with Crippen LogP contribution in [0, 0.1) is 6.92 Å². The van der Waals surface area contributed by atoms with Crippen LogP contribution in [0.2, 0.25) is 0 Å². The van der Waals surface area contributed by atoms with Crippen LogP contribution in [0.25, 0.3) is 0 Å². The minimum atomic E-state index is -3.00. The molecule has 1 heterocycles. The van der Waals surface area contributed by atoms with Crippen LogP contribution in [0.1, 0.15) is 22.1 Å². The first kappa shape index (κ1) is 13.9. The Labute approximate surface area is 112 Å². The van der Waals surface area contributed by atoms with E-state index in [2.05, 4.69) is 20.3 Å². The molecule has 0 unspecified atom stereocenters. The highest BCUT2D eigenvalue weighted by molar-refractivity contribution is 5.96. The molecule has 0 aliphatic rings. The lowest BCUT2D eigenvalue weighted by Crippen LogP contribution is -2.24. The van der Waals surface area contributed by atoms with Crippen molar-refractivity contribution in [3.05, 3.63) is 41.6 Å². The van der Waals surface area contributed by atoms with Gasteiger partial charge in [0.2, 0.25) is 11.8 Å². The van der Waals surface area contributed by atoms with E-state index >= 15 is 0 Å². The number of para-hydroxylation sites is 1. The number of rotatable bonds is 5. The summed E-state index contributed by atoms with van der Waals surface area (Å²) in [6.07, 6.45) is 0. The van der Waals surface area contributed by atoms with Crippen molar-refractivity contribution in [1.29, 1.82) is 0 Å². The number of hydrogen-bond acceptors (Lipinski definition) is 5. The second kappa shape index (κ2) is 6.09. The van der Waals surface area contributed by atoms with Crippen molar-refractivity contribution in [2.24, 2.45) is 0 Å². The van der Waals surface area contributed by atoms with E-state index in [-0.39, 0.29) is 23.7 Å². The molecular formula is C12H11F2N3O3. The Kier molecular flexibility index (Phi) is 4.24. The maximum atomic E-state index is 12.2. The third-order valence-electron chi connectivity index (χ3n) is 2.32. The number of carbonyl (C=O) groups is 1. The first-order valence-corrected chi connectivity index (χ1v) is 5.67. The molecule has 0 saturated carbocycles. The van der Waals surface area contributed by atoms with Crippen LogP contribution >= 0.6 is 0 Å². The van der Waals surface area contributed by atoms with Crippen LogP contribution < -0.4 is 10.1 Å². The number of nitrogens with zero attached hydrogens (tertiary/aromatic N) is 2. The molecule has 0 radical (unpaired) electrons. The van der Waals surface area contributed by atoms with Crippen LogP contribution in [-0.2, 0) is 6.54 Å². The van der Waals surface area contributed by atoms with Crippen LogP contribution in [0.4, 0.5) is 8.78 Å². The first-order chi connectivity index (χ1) is 9.56. The number of amides is 1. The monoisotopic (exact) mass is 283 g/mol. The van der Waals surface area contributed by atoms with E-state index in [1.165, 1.54) is 18.2 Å². The molecule has 0 atom stereocenters. The number of nitrogens with one attached hydrogen (secondary N) is 1. The van der Waals surface area contributed by atoms with Crippen molar-refractivity contribution in [1.82, 2.24) is 15.5 Å². The topological polar surface area (TPSA) is 77.2 Å². The van der Waals surface area contributed by atoms with Crippen LogP contribution in [0.15, 0.2) is 28.7 Å². The molecule has 0 bridgehead atoms. The Bertz CT molecular complexity index is 601. The van der Waals surface area contributed by atoms with Crippen molar-refractivity contribution >= 4 is 5.91 Å². The number of carbonyl (C=O) groups excluding carboxylic acids is 1. The van der Waals surface area contributed by atoms with Gasteiger partial charge in [-0.2, -0.15) is 8.78 Å². The van der Waals surface area contributed by atoms with Gasteiger partial charge in [0.1, 0.15) is 5.75 Å². The quantitative estimate of drug-likeness (QED) is 0.907. The molecule has 2 aromatic rings. The summed E-state index contributed by atoms with van der Waals surface area (Å²) in [5.74, 6) is -0.169. The van der Waals surface area contributed by atoms with Gasteiger partial charge in [0.15, 0.2) is 0 Å². The third kappa shape index (κ3) is 3.50. The average Bonchev–Trinajstić information content (AvgIpc) is 2.82. The molecule has 0 saturated heterocycles. The Balaban J connectivity index is 2.05. The molecule has 2 rings (SSSR count). The van der Waals surface area contributed by atoms with E-state index in [1.54, 1.807) is 13.0 Å². The lowest BCUT2D eigenvalue weighted by atomic mass is 10.2. The van der Waals surface area contributed by atoms with Gasteiger partial charge in [-0.3, -0.25) is 4.79 Å². The van der Waals surface area contributed by atoms with Gasteiger partial charge in [0, 0.05) is 6.92 Å². The van der Waals surface area contributed by atoms with Crippen molar-refractivity contribution in [3.63, 3.8) is 0 Å². The minimum Gasteiger partial charge on any atom is -0.434 e. The second-order valence-electron chi connectivity index (χ2n) is 3.77. The van der Waals surface area contributed by atoms with E-state index in [0.717, 1.165) is 0 Å². The van der Waals surface area contributed by atoms with Crippen molar-refractivity contribution < 1.29 is 22.7 Å². The van der Waals surface area contributed by atoms with E-state index in [9.17, 15) is 13.6 Å². The summed E-state index contributed by atoms with van der Waals surface area (Å²) in [5.41, 5.74) is 0.00374. The van der Waals surface area contributed by atoms with Gasteiger partial charge < -0.3 is 14.5 Å². The number of hydrogen-bond donors (Lipinski definition) is 1. The molecule has 1 aromatic carbocycles. The van der Waals surface area contributed by atoms with Crippen molar-refractivity contribution in [2.75, 3.05) is 0 Å². The highest BCUT2D eigenvalue weighted by Crippen LogP contribution is 2.20. The third-order valence-corrected chi connectivity index (χ3v) is 2.32. The normalized spacial score (nSPS) is 10.6. The zero-order valence-corrected chi connectivity index (χ0v) is 10.5. The SMILES string of the molecule is Cc1nnc(CNC(=O)c2ccccc2OC(F)F)o1.